The smallest absolute Gasteiger partial charge is 0.322 e. The second-order valence-electron chi connectivity index (χ2n) is 5.78. The summed E-state index contributed by atoms with van der Waals surface area (Å²) < 4.78 is 4.57. The van der Waals surface area contributed by atoms with Crippen LogP contribution in [0.4, 0.5) is 0 Å². The zero-order valence-electron chi connectivity index (χ0n) is 14.3. The maximum absolute atomic E-state index is 12.0. The monoisotopic (exact) mass is 345 g/mol. The number of tetrazole rings is 1. The highest BCUT2D eigenvalue weighted by Gasteiger charge is 2.13. The van der Waals surface area contributed by atoms with Gasteiger partial charge in [-0.15, -0.1) is 10.2 Å². The number of nitrogens with two attached hydrogens (primary N) is 1. The van der Waals surface area contributed by atoms with E-state index in [2.05, 4.69) is 20.1 Å². The van der Waals surface area contributed by atoms with Gasteiger partial charge < -0.3 is 10.5 Å². The summed E-state index contributed by atoms with van der Waals surface area (Å²) >= 11 is 0. The molecule has 0 aliphatic rings. The van der Waals surface area contributed by atoms with Gasteiger partial charge in [0.15, 0.2) is 5.78 Å². The molecular formula is C17H23N5O3. The fraction of sp³-hybridized carbons (Fsp3) is 0.471. The predicted molar refractivity (Wildman–Crippen MR) is 91.3 cm³/mol. The number of ether oxygens (including phenoxy) is 1. The first-order valence-corrected chi connectivity index (χ1v) is 8.28. The van der Waals surface area contributed by atoms with Gasteiger partial charge in [0.2, 0.25) is 5.82 Å². The van der Waals surface area contributed by atoms with Crippen molar-refractivity contribution in [3.8, 4) is 11.4 Å². The molecule has 0 amide bonds. The molecule has 1 aromatic carbocycles. The van der Waals surface area contributed by atoms with Crippen LogP contribution in [0.25, 0.3) is 11.4 Å². The number of Topliss-reactive ketones (excluding diaryl/α,β-unsaturated/α-hetero) is 1. The molecule has 0 unspecified atom stereocenters. The number of hydrogen-bond acceptors (Lipinski definition) is 7. The molecule has 0 spiro atoms. The van der Waals surface area contributed by atoms with Crippen LogP contribution < -0.4 is 5.73 Å². The Morgan fingerprint density at radius 1 is 1.20 bits per heavy atom. The van der Waals surface area contributed by atoms with Gasteiger partial charge >= 0.3 is 5.97 Å². The Morgan fingerprint density at radius 2 is 1.96 bits per heavy atom. The number of nitrogens with zero attached hydrogens (tertiary/aromatic N) is 4. The van der Waals surface area contributed by atoms with E-state index in [0.29, 0.717) is 18.7 Å². The highest BCUT2D eigenvalue weighted by atomic mass is 16.5. The molecule has 0 fully saturated rings. The minimum atomic E-state index is -0.587. The molecule has 2 rings (SSSR count). The SMILES string of the molecule is COC(=O)[C@@H](N)CCCCCC(=O)Cn1nnc(-c2ccccc2)n1. The van der Waals surface area contributed by atoms with E-state index < -0.39 is 12.0 Å². The molecule has 2 aromatic rings. The number of ketones is 1. The molecular weight excluding hydrogens is 322 g/mol. The van der Waals surface area contributed by atoms with Crippen LogP contribution in [-0.4, -0.2) is 45.1 Å². The van der Waals surface area contributed by atoms with E-state index in [0.717, 1.165) is 24.8 Å². The largest absolute Gasteiger partial charge is 0.468 e. The van der Waals surface area contributed by atoms with Gasteiger partial charge in [0.05, 0.1) is 7.11 Å². The Morgan fingerprint density at radius 3 is 2.68 bits per heavy atom. The van der Waals surface area contributed by atoms with Crippen LogP contribution in [-0.2, 0) is 20.9 Å². The topological polar surface area (TPSA) is 113 Å². The van der Waals surface area contributed by atoms with Crippen molar-refractivity contribution >= 4 is 11.8 Å². The fourth-order valence-corrected chi connectivity index (χ4v) is 2.38. The summed E-state index contributed by atoms with van der Waals surface area (Å²) in [5.41, 5.74) is 6.52. The van der Waals surface area contributed by atoms with Crippen molar-refractivity contribution in [3.63, 3.8) is 0 Å². The lowest BCUT2D eigenvalue weighted by molar-refractivity contribution is -0.142. The van der Waals surface area contributed by atoms with Crippen LogP contribution in [0.2, 0.25) is 0 Å². The molecule has 0 aliphatic heterocycles. The average Bonchev–Trinajstić information content (AvgIpc) is 3.09. The Kier molecular flexibility index (Phi) is 7.21. The third-order valence-corrected chi connectivity index (χ3v) is 3.78. The zero-order valence-corrected chi connectivity index (χ0v) is 14.3. The third kappa shape index (κ3) is 6.07. The van der Waals surface area contributed by atoms with E-state index in [1.165, 1.54) is 11.9 Å². The Balaban J connectivity index is 1.67. The fourth-order valence-electron chi connectivity index (χ4n) is 2.38. The maximum Gasteiger partial charge on any atom is 0.322 e. The van der Waals surface area contributed by atoms with Gasteiger partial charge in [-0.25, -0.2) is 0 Å². The van der Waals surface area contributed by atoms with Crippen LogP contribution in [0.5, 0.6) is 0 Å². The van der Waals surface area contributed by atoms with Crippen molar-refractivity contribution < 1.29 is 14.3 Å². The maximum atomic E-state index is 12.0. The van der Waals surface area contributed by atoms with Crippen LogP contribution in [0.1, 0.15) is 32.1 Å². The number of methoxy groups -OCH3 is 1. The van der Waals surface area contributed by atoms with E-state index in [4.69, 9.17) is 5.73 Å². The Hall–Kier alpha value is -2.61. The average molecular weight is 345 g/mol. The highest BCUT2D eigenvalue weighted by molar-refractivity contribution is 5.78. The molecule has 1 aromatic heterocycles. The van der Waals surface area contributed by atoms with E-state index in [1.54, 1.807) is 0 Å². The van der Waals surface area contributed by atoms with Crippen molar-refractivity contribution in [2.24, 2.45) is 5.73 Å². The van der Waals surface area contributed by atoms with E-state index in [9.17, 15) is 9.59 Å². The number of carbonyl (C=O) groups is 2. The van der Waals surface area contributed by atoms with Gasteiger partial charge in [-0.05, 0) is 18.1 Å². The summed E-state index contributed by atoms with van der Waals surface area (Å²) in [6, 6.07) is 8.90. The lowest BCUT2D eigenvalue weighted by Crippen LogP contribution is -2.31. The number of aromatic nitrogens is 4. The van der Waals surface area contributed by atoms with E-state index >= 15 is 0 Å². The number of esters is 1. The van der Waals surface area contributed by atoms with Crippen molar-refractivity contribution in [3.05, 3.63) is 30.3 Å². The Bertz CT molecular complexity index is 687. The molecule has 134 valence electrons. The third-order valence-electron chi connectivity index (χ3n) is 3.78. The summed E-state index contributed by atoms with van der Waals surface area (Å²) in [6.45, 7) is 0.113. The highest BCUT2D eigenvalue weighted by Crippen LogP contribution is 2.12. The van der Waals surface area contributed by atoms with Crippen LogP contribution in [0.15, 0.2) is 30.3 Å². The summed E-state index contributed by atoms with van der Waals surface area (Å²) in [5, 5.41) is 12.1. The number of benzene rings is 1. The van der Waals surface area contributed by atoms with Gasteiger partial charge in [-0.2, -0.15) is 4.80 Å². The summed E-state index contributed by atoms with van der Waals surface area (Å²) in [4.78, 5) is 24.5. The second-order valence-corrected chi connectivity index (χ2v) is 5.78. The molecule has 1 atom stereocenters. The standard InChI is InChI=1S/C17H23N5O3/c1-25-17(24)15(18)11-7-3-6-10-14(23)12-22-20-16(19-21-22)13-8-4-2-5-9-13/h2,4-5,8-9,15H,3,6-7,10-12,18H2,1H3/t15-/m0/s1. The van der Waals surface area contributed by atoms with Crippen LogP contribution >= 0.6 is 0 Å². The van der Waals surface area contributed by atoms with Crippen molar-refractivity contribution in [2.45, 2.75) is 44.7 Å². The van der Waals surface area contributed by atoms with Gasteiger partial charge in [0.25, 0.3) is 0 Å². The molecule has 2 N–H and O–H groups in total. The predicted octanol–water partition coefficient (Wildman–Crippen LogP) is 1.36. The molecule has 0 saturated heterocycles. The Labute approximate surface area is 146 Å². The summed E-state index contributed by atoms with van der Waals surface area (Å²) in [7, 11) is 1.32. The molecule has 8 heteroatoms. The summed E-state index contributed by atoms with van der Waals surface area (Å²) in [5.74, 6) is 0.155. The lowest BCUT2D eigenvalue weighted by atomic mass is 10.1. The van der Waals surface area contributed by atoms with E-state index in [-0.39, 0.29) is 12.3 Å². The number of hydrogen-bond donors (Lipinski definition) is 1. The second kappa shape index (κ2) is 9.63. The molecule has 0 bridgehead atoms. The van der Waals surface area contributed by atoms with Gasteiger partial charge in [-0.1, -0.05) is 43.2 Å². The van der Waals surface area contributed by atoms with Crippen LogP contribution in [0.3, 0.4) is 0 Å². The zero-order chi connectivity index (χ0) is 18.1. The number of unbranched alkanes of at least 4 members (excludes halogenated alkanes) is 2. The first kappa shape index (κ1) is 18.7. The normalized spacial score (nSPS) is 11.9. The van der Waals surface area contributed by atoms with Crippen molar-refractivity contribution in [2.75, 3.05) is 7.11 Å². The molecule has 8 nitrogen and oxygen atoms in total. The minimum Gasteiger partial charge on any atom is -0.468 e. The van der Waals surface area contributed by atoms with Crippen LogP contribution in [0, 0.1) is 0 Å². The summed E-state index contributed by atoms with van der Waals surface area (Å²) in [6.07, 6.45) is 3.36. The van der Waals surface area contributed by atoms with Gasteiger partial charge in [0.1, 0.15) is 12.6 Å². The minimum absolute atomic E-state index is 0.0503. The number of carbonyl (C=O) groups excluding carboxylic acids is 2. The molecule has 0 radical (unpaired) electrons. The quantitative estimate of drug-likeness (QED) is 0.511. The van der Waals surface area contributed by atoms with Crippen molar-refractivity contribution in [1.82, 2.24) is 20.2 Å². The van der Waals surface area contributed by atoms with E-state index in [1.807, 2.05) is 30.3 Å². The molecule has 1 heterocycles. The lowest BCUT2D eigenvalue weighted by Gasteiger charge is -2.08. The number of rotatable bonds is 10. The molecule has 0 aliphatic carbocycles. The van der Waals surface area contributed by atoms with Crippen molar-refractivity contribution in [1.29, 1.82) is 0 Å². The molecule has 0 saturated carbocycles. The first-order valence-electron chi connectivity index (χ1n) is 8.28. The van der Waals surface area contributed by atoms with Gasteiger partial charge in [-0.3, -0.25) is 9.59 Å². The first-order chi connectivity index (χ1) is 12.1. The molecule has 25 heavy (non-hydrogen) atoms. The van der Waals surface area contributed by atoms with Gasteiger partial charge in [0, 0.05) is 12.0 Å².